The number of nitrogens with zero attached hydrogens (tertiary/aromatic N) is 1. The molecule has 2 aromatic carbocycles. The maximum absolute atomic E-state index is 12.4. The van der Waals surface area contributed by atoms with Crippen molar-refractivity contribution in [1.29, 1.82) is 0 Å². The van der Waals surface area contributed by atoms with Crippen LogP contribution in [-0.2, 0) is 11.2 Å². The number of halogens is 1. The number of benzene rings is 2. The number of nitrogens with one attached hydrogen (secondary N) is 2. The number of para-hydroxylation sites is 1. The number of likely N-dealkylation sites (tertiary alicyclic amines) is 1. The van der Waals surface area contributed by atoms with Crippen molar-refractivity contribution in [3.05, 3.63) is 59.1 Å². The van der Waals surface area contributed by atoms with Crippen LogP contribution in [0.3, 0.4) is 0 Å². The lowest BCUT2D eigenvalue weighted by atomic mass is 9.93. The lowest BCUT2D eigenvalue weighted by Gasteiger charge is -2.31. The van der Waals surface area contributed by atoms with E-state index in [4.69, 9.17) is 16.3 Å². The van der Waals surface area contributed by atoms with Crippen LogP contribution in [0.4, 0.5) is 10.5 Å². The molecule has 3 amide bonds. The summed E-state index contributed by atoms with van der Waals surface area (Å²) in [6, 6.07) is 14.8. The normalized spacial score (nSPS) is 14.3. The van der Waals surface area contributed by atoms with Gasteiger partial charge in [-0.25, -0.2) is 4.79 Å². The van der Waals surface area contributed by atoms with Gasteiger partial charge in [-0.15, -0.1) is 0 Å². The molecule has 1 aliphatic rings. The van der Waals surface area contributed by atoms with Crippen molar-refractivity contribution in [3.8, 4) is 5.75 Å². The van der Waals surface area contributed by atoms with E-state index in [0.29, 0.717) is 42.7 Å². The van der Waals surface area contributed by atoms with Gasteiger partial charge in [-0.05, 0) is 55.0 Å². The third-order valence-electron chi connectivity index (χ3n) is 5.36. The number of ether oxygens (including phenoxy) is 1. The zero-order chi connectivity index (χ0) is 21.3. The van der Waals surface area contributed by atoms with Gasteiger partial charge in [0.1, 0.15) is 5.75 Å². The predicted octanol–water partition coefficient (Wildman–Crippen LogP) is 4.34. The summed E-state index contributed by atoms with van der Waals surface area (Å²) in [5.41, 5.74) is 1.77. The molecule has 0 bridgehead atoms. The number of piperidine rings is 1. The molecule has 0 aliphatic carbocycles. The van der Waals surface area contributed by atoms with E-state index in [1.54, 1.807) is 30.2 Å². The topological polar surface area (TPSA) is 70.7 Å². The Bertz CT molecular complexity index is 866. The fraction of sp³-hybridized carbons (Fsp3) is 0.391. The molecule has 2 aromatic rings. The van der Waals surface area contributed by atoms with Crippen LogP contribution in [0.5, 0.6) is 5.75 Å². The second kappa shape index (κ2) is 10.9. The maximum Gasteiger partial charge on any atom is 0.321 e. The van der Waals surface area contributed by atoms with Gasteiger partial charge in [0.2, 0.25) is 5.91 Å². The molecule has 0 spiro atoms. The first kappa shape index (κ1) is 22.0. The van der Waals surface area contributed by atoms with Crippen molar-refractivity contribution in [1.82, 2.24) is 10.2 Å². The Morgan fingerprint density at radius 2 is 1.90 bits per heavy atom. The van der Waals surface area contributed by atoms with E-state index in [9.17, 15) is 9.59 Å². The largest absolute Gasteiger partial charge is 0.496 e. The average Bonchev–Trinajstić information content (AvgIpc) is 2.74. The first-order valence-corrected chi connectivity index (χ1v) is 10.6. The van der Waals surface area contributed by atoms with Gasteiger partial charge in [0.15, 0.2) is 0 Å². The molecule has 0 unspecified atom stereocenters. The number of urea groups is 1. The van der Waals surface area contributed by atoms with E-state index in [2.05, 4.69) is 10.6 Å². The summed E-state index contributed by atoms with van der Waals surface area (Å²) < 4.78 is 5.34. The van der Waals surface area contributed by atoms with Gasteiger partial charge in [0, 0.05) is 36.8 Å². The van der Waals surface area contributed by atoms with Crippen LogP contribution in [0.25, 0.3) is 0 Å². The monoisotopic (exact) mass is 429 g/mol. The van der Waals surface area contributed by atoms with Crippen molar-refractivity contribution in [2.45, 2.75) is 25.7 Å². The average molecular weight is 430 g/mol. The van der Waals surface area contributed by atoms with Crippen molar-refractivity contribution in [3.63, 3.8) is 0 Å². The Balaban J connectivity index is 1.36. The summed E-state index contributed by atoms with van der Waals surface area (Å²) in [7, 11) is 1.65. The van der Waals surface area contributed by atoms with Gasteiger partial charge in [-0.1, -0.05) is 35.9 Å². The Morgan fingerprint density at radius 3 is 2.63 bits per heavy atom. The zero-order valence-electron chi connectivity index (χ0n) is 17.2. The summed E-state index contributed by atoms with van der Waals surface area (Å²) in [6.07, 6.45) is 2.87. The first-order valence-electron chi connectivity index (χ1n) is 10.2. The highest BCUT2D eigenvalue weighted by Gasteiger charge is 2.24. The summed E-state index contributed by atoms with van der Waals surface area (Å²) >= 11 is 5.96. The Labute approximate surface area is 182 Å². The lowest BCUT2D eigenvalue weighted by Crippen LogP contribution is -2.42. The highest BCUT2D eigenvalue weighted by atomic mass is 35.5. The van der Waals surface area contributed by atoms with Crippen LogP contribution in [0.1, 0.15) is 24.8 Å². The number of anilines is 1. The van der Waals surface area contributed by atoms with Crippen LogP contribution in [0, 0.1) is 5.92 Å². The number of amides is 3. The standard InChI is InChI=1S/C23H28ClN3O3/c1-30-21-8-3-2-5-18(21)9-12-25-22(28)15-17-10-13-27(14-11-17)23(29)26-20-7-4-6-19(24)16-20/h2-8,16-17H,9-15H2,1H3,(H,25,28)(H,26,29). The zero-order valence-corrected chi connectivity index (χ0v) is 18.0. The number of hydrogen-bond donors (Lipinski definition) is 2. The van der Waals surface area contributed by atoms with Crippen LogP contribution >= 0.6 is 11.6 Å². The smallest absolute Gasteiger partial charge is 0.321 e. The highest BCUT2D eigenvalue weighted by Crippen LogP contribution is 2.22. The van der Waals surface area contributed by atoms with E-state index in [0.717, 1.165) is 30.6 Å². The highest BCUT2D eigenvalue weighted by molar-refractivity contribution is 6.30. The molecule has 6 nitrogen and oxygen atoms in total. The summed E-state index contributed by atoms with van der Waals surface area (Å²) in [5, 5.41) is 6.46. The molecule has 30 heavy (non-hydrogen) atoms. The van der Waals surface area contributed by atoms with Crippen molar-refractivity contribution in [2.75, 3.05) is 32.1 Å². The molecule has 7 heteroatoms. The fourth-order valence-electron chi connectivity index (χ4n) is 3.69. The van der Waals surface area contributed by atoms with Crippen LogP contribution in [0.15, 0.2) is 48.5 Å². The molecule has 2 N–H and O–H groups in total. The molecule has 160 valence electrons. The van der Waals surface area contributed by atoms with Gasteiger partial charge in [0.05, 0.1) is 7.11 Å². The minimum absolute atomic E-state index is 0.0618. The Kier molecular flexibility index (Phi) is 7.97. The minimum Gasteiger partial charge on any atom is -0.496 e. The molecule has 1 saturated heterocycles. The molecule has 1 fully saturated rings. The molecular weight excluding hydrogens is 402 g/mol. The van der Waals surface area contributed by atoms with E-state index < -0.39 is 0 Å². The lowest BCUT2D eigenvalue weighted by molar-refractivity contribution is -0.122. The third kappa shape index (κ3) is 6.39. The van der Waals surface area contributed by atoms with Crippen LogP contribution in [0.2, 0.25) is 5.02 Å². The van der Waals surface area contributed by atoms with Crippen molar-refractivity contribution >= 4 is 29.2 Å². The molecule has 1 heterocycles. The molecule has 1 aliphatic heterocycles. The number of methoxy groups -OCH3 is 1. The second-order valence-electron chi connectivity index (χ2n) is 7.49. The Morgan fingerprint density at radius 1 is 1.13 bits per heavy atom. The molecule has 0 saturated carbocycles. The number of rotatable bonds is 7. The first-order chi connectivity index (χ1) is 14.5. The molecular formula is C23H28ClN3O3. The minimum atomic E-state index is -0.128. The third-order valence-corrected chi connectivity index (χ3v) is 5.60. The summed E-state index contributed by atoms with van der Waals surface area (Å²) in [6.45, 7) is 1.87. The predicted molar refractivity (Wildman–Crippen MR) is 119 cm³/mol. The molecule has 3 rings (SSSR count). The van der Waals surface area contributed by atoms with E-state index in [1.165, 1.54) is 0 Å². The van der Waals surface area contributed by atoms with Crippen LogP contribution < -0.4 is 15.4 Å². The maximum atomic E-state index is 12.4. The van der Waals surface area contributed by atoms with Gasteiger partial charge >= 0.3 is 6.03 Å². The molecule has 0 aromatic heterocycles. The van der Waals surface area contributed by atoms with E-state index in [-0.39, 0.29) is 11.9 Å². The number of carbonyl (C=O) groups is 2. The molecule has 0 atom stereocenters. The number of carbonyl (C=O) groups excluding carboxylic acids is 2. The summed E-state index contributed by atoms with van der Waals surface area (Å²) in [4.78, 5) is 26.5. The Hall–Kier alpha value is -2.73. The van der Waals surface area contributed by atoms with Gasteiger partial charge in [-0.2, -0.15) is 0 Å². The quantitative estimate of drug-likeness (QED) is 0.687. The van der Waals surface area contributed by atoms with E-state index in [1.807, 2.05) is 30.3 Å². The number of hydrogen-bond acceptors (Lipinski definition) is 3. The van der Waals surface area contributed by atoms with Crippen molar-refractivity contribution < 1.29 is 14.3 Å². The van der Waals surface area contributed by atoms with Gasteiger partial charge < -0.3 is 20.3 Å². The van der Waals surface area contributed by atoms with Crippen LogP contribution in [-0.4, -0.2) is 43.6 Å². The summed E-state index contributed by atoms with van der Waals surface area (Å²) in [5.74, 6) is 1.20. The second-order valence-corrected chi connectivity index (χ2v) is 7.92. The van der Waals surface area contributed by atoms with Crippen molar-refractivity contribution in [2.24, 2.45) is 5.92 Å². The molecule has 0 radical (unpaired) electrons. The fourth-order valence-corrected chi connectivity index (χ4v) is 3.88. The van der Waals surface area contributed by atoms with Gasteiger partial charge in [-0.3, -0.25) is 4.79 Å². The van der Waals surface area contributed by atoms with E-state index >= 15 is 0 Å². The SMILES string of the molecule is COc1ccccc1CCNC(=O)CC1CCN(C(=O)Nc2cccc(Cl)c2)CC1. The van der Waals surface area contributed by atoms with Gasteiger partial charge in [0.25, 0.3) is 0 Å².